The first-order valence-corrected chi connectivity index (χ1v) is 8.65. The van der Waals surface area contributed by atoms with Crippen LogP contribution in [0.5, 0.6) is 0 Å². The average molecular weight is 325 g/mol. The van der Waals surface area contributed by atoms with Crippen molar-refractivity contribution in [1.82, 2.24) is 20.1 Å². The molecule has 1 aromatic carbocycles. The van der Waals surface area contributed by atoms with E-state index < -0.39 is 0 Å². The Morgan fingerprint density at radius 1 is 1.38 bits per heavy atom. The summed E-state index contributed by atoms with van der Waals surface area (Å²) in [6.07, 6.45) is 2.85. The van der Waals surface area contributed by atoms with Gasteiger partial charge in [0, 0.05) is 24.2 Å². The molecule has 1 aromatic heterocycles. The van der Waals surface area contributed by atoms with Crippen LogP contribution in [0.25, 0.3) is 0 Å². The minimum Gasteiger partial charge on any atom is -0.308 e. The van der Waals surface area contributed by atoms with Gasteiger partial charge in [-0.25, -0.2) is 9.67 Å². The lowest BCUT2D eigenvalue weighted by atomic mass is 10.1. The molecule has 3 heterocycles. The third kappa shape index (κ3) is 2.71. The summed E-state index contributed by atoms with van der Waals surface area (Å²) in [5, 5.41) is 7.84. The zero-order valence-electron chi connectivity index (χ0n) is 14.2. The number of carbonyl (C=O) groups excluding carboxylic acids is 1. The van der Waals surface area contributed by atoms with E-state index in [0.717, 1.165) is 43.1 Å². The molecular formula is C18H23N5O. The predicted octanol–water partition coefficient (Wildman–Crippen LogP) is 1.47. The molecule has 1 amide bonds. The molecule has 0 unspecified atom stereocenters. The SMILES string of the molecule is Cc1nc2n(n1)C[C@@H](NCC(=O)N1c3ccccc3C[C@H]1C)CC2. The van der Waals surface area contributed by atoms with Gasteiger partial charge in [0.25, 0.3) is 0 Å². The lowest BCUT2D eigenvalue weighted by Crippen LogP contribution is -2.46. The molecule has 0 bridgehead atoms. The molecule has 6 nitrogen and oxygen atoms in total. The van der Waals surface area contributed by atoms with Gasteiger partial charge in [0.1, 0.15) is 11.6 Å². The molecule has 2 aliphatic rings. The lowest BCUT2D eigenvalue weighted by Gasteiger charge is -2.26. The van der Waals surface area contributed by atoms with Crippen LogP contribution in [0.15, 0.2) is 24.3 Å². The zero-order chi connectivity index (χ0) is 16.7. The number of amides is 1. The number of nitrogens with zero attached hydrogens (tertiary/aromatic N) is 4. The van der Waals surface area contributed by atoms with E-state index in [-0.39, 0.29) is 18.0 Å². The molecule has 24 heavy (non-hydrogen) atoms. The monoisotopic (exact) mass is 325 g/mol. The van der Waals surface area contributed by atoms with E-state index in [0.29, 0.717) is 6.54 Å². The maximum atomic E-state index is 12.7. The number of anilines is 1. The van der Waals surface area contributed by atoms with Crippen LogP contribution >= 0.6 is 0 Å². The Kier molecular flexibility index (Phi) is 3.84. The highest BCUT2D eigenvalue weighted by Gasteiger charge is 2.31. The maximum Gasteiger partial charge on any atom is 0.241 e. The summed E-state index contributed by atoms with van der Waals surface area (Å²) in [7, 11) is 0. The second-order valence-electron chi connectivity index (χ2n) is 6.82. The maximum absolute atomic E-state index is 12.7. The molecule has 1 N–H and O–H groups in total. The highest BCUT2D eigenvalue weighted by molar-refractivity contribution is 5.97. The van der Waals surface area contributed by atoms with Crippen LogP contribution in [0, 0.1) is 6.92 Å². The molecule has 126 valence electrons. The van der Waals surface area contributed by atoms with Crippen molar-refractivity contribution < 1.29 is 4.79 Å². The topological polar surface area (TPSA) is 63.1 Å². The van der Waals surface area contributed by atoms with Crippen LogP contribution in [0.1, 0.15) is 30.6 Å². The number of rotatable bonds is 3. The van der Waals surface area contributed by atoms with Crippen molar-refractivity contribution in [3.05, 3.63) is 41.5 Å². The molecule has 0 spiro atoms. The average Bonchev–Trinajstić information content (AvgIpc) is 3.09. The molecule has 0 fully saturated rings. The first-order chi connectivity index (χ1) is 11.6. The third-order valence-corrected chi connectivity index (χ3v) is 4.98. The third-order valence-electron chi connectivity index (χ3n) is 4.98. The Balaban J connectivity index is 1.39. The molecule has 0 saturated heterocycles. The lowest BCUT2D eigenvalue weighted by molar-refractivity contribution is -0.118. The van der Waals surface area contributed by atoms with Crippen LogP contribution in [0.4, 0.5) is 5.69 Å². The number of hydrogen-bond acceptors (Lipinski definition) is 4. The fraction of sp³-hybridized carbons (Fsp3) is 0.500. The molecule has 2 atom stereocenters. The fourth-order valence-electron chi connectivity index (χ4n) is 3.86. The van der Waals surface area contributed by atoms with E-state index in [4.69, 9.17) is 0 Å². The van der Waals surface area contributed by atoms with Gasteiger partial charge in [0.2, 0.25) is 5.91 Å². The molecule has 2 aromatic rings. The van der Waals surface area contributed by atoms with Crippen LogP contribution in [0.3, 0.4) is 0 Å². The minimum absolute atomic E-state index is 0.146. The fourth-order valence-corrected chi connectivity index (χ4v) is 3.86. The summed E-state index contributed by atoms with van der Waals surface area (Å²) in [6.45, 7) is 5.19. The van der Waals surface area contributed by atoms with E-state index in [1.807, 2.05) is 34.7 Å². The highest BCUT2D eigenvalue weighted by atomic mass is 16.2. The van der Waals surface area contributed by atoms with Crippen molar-refractivity contribution in [1.29, 1.82) is 0 Å². The standard InChI is InChI=1S/C18H23N5O/c1-12-9-14-5-3-4-6-16(14)23(12)18(24)10-19-15-7-8-17-20-13(2)21-22(17)11-15/h3-6,12,15,19H,7-11H2,1-2H3/t12-,15+/m1/s1. The molecule has 4 rings (SSSR count). The molecular weight excluding hydrogens is 302 g/mol. The van der Waals surface area contributed by atoms with Crippen molar-refractivity contribution in [3.63, 3.8) is 0 Å². The van der Waals surface area contributed by atoms with E-state index in [1.54, 1.807) is 0 Å². The van der Waals surface area contributed by atoms with Crippen molar-refractivity contribution in [2.75, 3.05) is 11.4 Å². The van der Waals surface area contributed by atoms with Crippen LogP contribution in [-0.2, 0) is 24.2 Å². The number of fused-ring (bicyclic) bond motifs is 2. The number of benzene rings is 1. The van der Waals surface area contributed by atoms with Gasteiger partial charge in [-0.2, -0.15) is 5.10 Å². The number of aryl methyl sites for hydroxylation is 2. The minimum atomic E-state index is 0.146. The smallest absolute Gasteiger partial charge is 0.241 e. The molecule has 6 heteroatoms. The van der Waals surface area contributed by atoms with Crippen LogP contribution in [0.2, 0.25) is 0 Å². The molecule has 0 saturated carbocycles. The van der Waals surface area contributed by atoms with Crippen LogP contribution in [-0.4, -0.2) is 39.3 Å². The molecule has 0 aliphatic carbocycles. The molecule has 2 aliphatic heterocycles. The summed E-state index contributed by atoms with van der Waals surface area (Å²) < 4.78 is 1.97. The van der Waals surface area contributed by atoms with Crippen LogP contribution < -0.4 is 10.2 Å². The van der Waals surface area contributed by atoms with Gasteiger partial charge in [-0.1, -0.05) is 18.2 Å². The van der Waals surface area contributed by atoms with Gasteiger partial charge in [-0.05, 0) is 38.3 Å². The second-order valence-corrected chi connectivity index (χ2v) is 6.82. The summed E-state index contributed by atoms with van der Waals surface area (Å²) >= 11 is 0. The number of aromatic nitrogens is 3. The molecule has 0 radical (unpaired) electrons. The Hall–Kier alpha value is -2.21. The Morgan fingerprint density at radius 2 is 2.21 bits per heavy atom. The first-order valence-electron chi connectivity index (χ1n) is 8.65. The van der Waals surface area contributed by atoms with E-state index >= 15 is 0 Å². The Labute approximate surface area is 141 Å². The van der Waals surface area contributed by atoms with E-state index in [2.05, 4.69) is 28.4 Å². The highest BCUT2D eigenvalue weighted by Crippen LogP contribution is 2.31. The number of hydrogen-bond donors (Lipinski definition) is 1. The number of para-hydroxylation sites is 1. The van der Waals surface area contributed by atoms with Crippen molar-refractivity contribution in [2.45, 2.75) is 51.7 Å². The number of nitrogens with one attached hydrogen (secondary N) is 1. The zero-order valence-corrected chi connectivity index (χ0v) is 14.2. The number of carbonyl (C=O) groups is 1. The second kappa shape index (κ2) is 6.02. The normalized spacial score (nSPS) is 22.3. The van der Waals surface area contributed by atoms with Gasteiger partial charge < -0.3 is 10.2 Å². The summed E-state index contributed by atoms with van der Waals surface area (Å²) in [5.74, 6) is 2.02. The van der Waals surface area contributed by atoms with Gasteiger partial charge in [0.05, 0.1) is 13.1 Å². The van der Waals surface area contributed by atoms with Gasteiger partial charge >= 0.3 is 0 Å². The van der Waals surface area contributed by atoms with Crippen molar-refractivity contribution in [2.24, 2.45) is 0 Å². The quantitative estimate of drug-likeness (QED) is 0.928. The largest absolute Gasteiger partial charge is 0.308 e. The van der Waals surface area contributed by atoms with Gasteiger partial charge in [-0.15, -0.1) is 0 Å². The van der Waals surface area contributed by atoms with Gasteiger partial charge in [-0.3, -0.25) is 4.79 Å². The van der Waals surface area contributed by atoms with Crippen molar-refractivity contribution >= 4 is 11.6 Å². The Morgan fingerprint density at radius 3 is 3.08 bits per heavy atom. The summed E-state index contributed by atoms with van der Waals surface area (Å²) in [5.41, 5.74) is 2.33. The first kappa shape index (κ1) is 15.3. The van der Waals surface area contributed by atoms with E-state index in [1.165, 1.54) is 5.56 Å². The Bertz CT molecular complexity index is 769. The van der Waals surface area contributed by atoms with E-state index in [9.17, 15) is 4.79 Å². The summed E-state index contributed by atoms with van der Waals surface area (Å²) in [6, 6.07) is 8.70. The van der Waals surface area contributed by atoms with Gasteiger partial charge in [0.15, 0.2) is 0 Å². The summed E-state index contributed by atoms with van der Waals surface area (Å²) in [4.78, 5) is 19.1. The predicted molar refractivity (Wildman–Crippen MR) is 92.0 cm³/mol. The van der Waals surface area contributed by atoms with Crippen molar-refractivity contribution in [3.8, 4) is 0 Å².